The fraction of sp³-hybridized carbons (Fsp3) is 0.294. The van der Waals surface area contributed by atoms with Gasteiger partial charge in [0.25, 0.3) is 0 Å². The molecule has 0 bridgehead atoms. The van der Waals surface area contributed by atoms with Gasteiger partial charge in [-0.15, -0.1) is 0 Å². The first-order valence-electron chi connectivity index (χ1n) is 6.98. The van der Waals surface area contributed by atoms with E-state index in [0.29, 0.717) is 18.2 Å². The number of hydrogen-bond donors (Lipinski definition) is 1. The van der Waals surface area contributed by atoms with Gasteiger partial charge in [0.15, 0.2) is 0 Å². The minimum Gasteiger partial charge on any atom is -0.455 e. The Balaban J connectivity index is 2.12. The van der Waals surface area contributed by atoms with Crippen molar-refractivity contribution in [3.63, 3.8) is 0 Å². The molecule has 2 nitrogen and oxygen atoms in total. The lowest BCUT2D eigenvalue weighted by atomic mass is 10.2. The molecule has 0 saturated carbocycles. The maximum absolute atomic E-state index is 13.1. The van der Waals surface area contributed by atoms with E-state index in [0.717, 1.165) is 17.9 Å². The van der Waals surface area contributed by atoms with Crippen LogP contribution >= 0.6 is 11.6 Å². The Bertz CT molecular complexity index is 601. The predicted molar refractivity (Wildman–Crippen MR) is 84.5 cm³/mol. The zero-order valence-corrected chi connectivity index (χ0v) is 13.0. The van der Waals surface area contributed by atoms with Gasteiger partial charge in [-0.05, 0) is 36.7 Å². The lowest BCUT2D eigenvalue weighted by Gasteiger charge is -2.13. The van der Waals surface area contributed by atoms with Crippen LogP contribution in [-0.2, 0) is 6.54 Å². The summed E-state index contributed by atoms with van der Waals surface area (Å²) in [6.07, 6.45) is 0. The van der Waals surface area contributed by atoms with Gasteiger partial charge in [-0.2, -0.15) is 0 Å². The molecule has 0 aliphatic rings. The van der Waals surface area contributed by atoms with E-state index < -0.39 is 0 Å². The van der Waals surface area contributed by atoms with Crippen LogP contribution in [-0.4, -0.2) is 6.54 Å². The molecule has 0 aliphatic carbocycles. The lowest BCUT2D eigenvalue weighted by molar-refractivity contribution is 0.467. The van der Waals surface area contributed by atoms with Crippen LogP contribution in [0.4, 0.5) is 4.39 Å². The van der Waals surface area contributed by atoms with Crippen LogP contribution in [0.1, 0.15) is 19.4 Å². The predicted octanol–water partition coefficient (Wildman–Crippen LogP) is 5.02. The lowest BCUT2D eigenvalue weighted by Crippen LogP contribution is -2.19. The van der Waals surface area contributed by atoms with E-state index in [1.165, 1.54) is 18.2 Å². The minimum absolute atomic E-state index is 0.264. The maximum Gasteiger partial charge on any atom is 0.146 e. The maximum atomic E-state index is 13.1. The van der Waals surface area contributed by atoms with Crippen molar-refractivity contribution in [2.75, 3.05) is 6.54 Å². The third-order valence-electron chi connectivity index (χ3n) is 2.95. The molecule has 2 aromatic rings. The van der Waals surface area contributed by atoms with Crippen molar-refractivity contribution in [2.45, 2.75) is 20.4 Å². The summed E-state index contributed by atoms with van der Waals surface area (Å²) in [5, 5.41) is 3.64. The molecule has 0 unspecified atom stereocenters. The van der Waals surface area contributed by atoms with Crippen molar-refractivity contribution in [3.05, 3.63) is 58.9 Å². The molecule has 2 aromatic carbocycles. The van der Waals surface area contributed by atoms with Gasteiger partial charge in [0, 0.05) is 12.1 Å². The Morgan fingerprint density at radius 3 is 2.62 bits per heavy atom. The third kappa shape index (κ3) is 4.73. The molecule has 0 amide bonds. The van der Waals surface area contributed by atoms with Gasteiger partial charge in [0.2, 0.25) is 0 Å². The normalized spacial score (nSPS) is 10.9. The Labute approximate surface area is 129 Å². The summed E-state index contributed by atoms with van der Waals surface area (Å²) in [6, 6.07) is 11.9. The highest BCUT2D eigenvalue weighted by Gasteiger charge is 2.08. The molecule has 0 heterocycles. The monoisotopic (exact) mass is 307 g/mol. The smallest absolute Gasteiger partial charge is 0.146 e. The van der Waals surface area contributed by atoms with Crippen LogP contribution in [0.15, 0.2) is 42.5 Å². The van der Waals surface area contributed by atoms with Crippen molar-refractivity contribution in [1.29, 1.82) is 0 Å². The van der Waals surface area contributed by atoms with Gasteiger partial charge in [-0.1, -0.05) is 43.6 Å². The molecule has 0 fully saturated rings. The number of rotatable bonds is 6. The van der Waals surface area contributed by atoms with E-state index in [4.69, 9.17) is 16.3 Å². The van der Waals surface area contributed by atoms with E-state index in [2.05, 4.69) is 19.2 Å². The summed E-state index contributed by atoms with van der Waals surface area (Å²) in [7, 11) is 0. The number of benzene rings is 2. The Morgan fingerprint density at radius 2 is 1.90 bits per heavy atom. The minimum atomic E-state index is -0.376. The van der Waals surface area contributed by atoms with E-state index in [1.54, 1.807) is 0 Å². The zero-order valence-electron chi connectivity index (χ0n) is 12.2. The highest BCUT2D eigenvalue weighted by atomic mass is 35.5. The fourth-order valence-electron chi connectivity index (χ4n) is 1.92. The summed E-state index contributed by atoms with van der Waals surface area (Å²) in [5.74, 6) is 1.39. The second kappa shape index (κ2) is 7.43. The molecule has 0 atom stereocenters. The first-order valence-corrected chi connectivity index (χ1v) is 7.35. The molecular weight excluding hydrogens is 289 g/mol. The average molecular weight is 308 g/mol. The SMILES string of the molecule is CC(C)CNCc1ccccc1Oc1ccc(F)cc1Cl. The Hall–Kier alpha value is -1.58. The van der Waals surface area contributed by atoms with Crippen LogP contribution in [0.3, 0.4) is 0 Å². The summed E-state index contributed by atoms with van der Waals surface area (Å²) < 4.78 is 18.9. The third-order valence-corrected chi connectivity index (χ3v) is 3.25. The van der Waals surface area contributed by atoms with Crippen molar-refractivity contribution >= 4 is 11.6 Å². The summed E-state index contributed by atoms with van der Waals surface area (Å²) in [5.41, 5.74) is 1.04. The largest absolute Gasteiger partial charge is 0.455 e. The van der Waals surface area contributed by atoms with Crippen molar-refractivity contribution in [2.24, 2.45) is 5.92 Å². The molecule has 2 rings (SSSR count). The van der Waals surface area contributed by atoms with Gasteiger partial charge >= 0.3 is 0 Å². The molecule has 112 valence electrons. The first kappa shape index (κ1) is 15.8. The van der Waals surface area contributed by atoms with Crippen LogP contribution in [0.25, 0.3) is 0 Å². The standard InChI is InChI=1S/C17H19ClFNO/c1-12(2)10-20-11-13-5-3-4-6-16(13)21-17-8-7-14(19)9-15(17)18/h3-9,12,20H,10-11H2,1-2H3. The number of hydrogen-bond acceptors (Lipinski definition) is 2. The zero-order chi connectivity index (χ0) is 15.2. The van der Waals surface area contributed by atoms with E-state index >= 15 is 0 Å². The molecule has 21 heavy (non-hydrogen) atoms. The molecule has 0 saturated heterocycles. The van der Waals surface area contributed by atoms with Gasteiger partial charge in [0.05, 0.1) is 5.02 Å². The summed E-state index contributed by atoms with van der Waals surface area (Å²) >= 11 is 6.00. The van der Waals surface area contributed by atoms with Gasteiger partial charge < -0.3 is 10.1 Å². The van der Waals surface area contributed by atoms with E-state index in [1.807, 2.05) is 24.3 Å². The first-order chi connectivity index (χ1) is 10.1. The van der Waals surface area contributed by atoms with E-state index in [-0.39, 0.29) is 10.8 Å². The van der Waals surface area contributed by atoms with Crippen molar-refractivity contribution in [3.8, 4) is 11.5 Å². The van der Waals surface area contributed by atoms with Gasteiger partial charge in [-0.3, -0.25) is 0 Å². The highest BCUT2D eigenvalue weighted by Crippen LogP contribution is 2.31. The van der Waals surface area contributed by atoms with Gasteiger partial charge in [0.1, 0.15) is 17.3 Å². The molecule has 1 N–H and O–H groups in total. The number of para-hydroxylation sites is 1. The Morgan fingerprint density at radius 1 is 1.14 bits per heavy atom. The van der Waals surface area contributed by atoms with Crippen LogP contribution < -0.4 is 10.1 Å². The molecule has 0 spiro atoms. The fourth-order valence-corrected chi connectivity index (χ4v) is 2.13. The van der Waals surface area contributed by atoms with Crippen molar-refractivity contribution in [1.82, 2.24) is 5.32 Å². The molecule has 0 aliphatic heterocycles. The second-order valence-corrected chi connectivity index (χ2v) is 5.72. The Kier molecular flexibility index (Phi) is 5.59. The molecule has 4 heteroatoms. The van der Waals surface area contributed by atoms with Crippen LogP contribution in [0, 0.1) is 11.7 Å². The quantitative estimate of drug-likeness (QED) is 0.809. The number of nitrogens with one attached hydrogen (secondary N) is 1. The van der Waals surface area contributed by atoms with E-state index in [9.17, 15) is 4.39 Å². The summed E-state index contributed by atoms with van der Waals surface area (Å²) in [6.45, 7) is 5.97. The van der Waals surface area contributed by atoms with Crippen LogP contribution in [0.2, 0.25) is 5.02 Å². The molecular formula is C17H19ClFNO. The topological polar surface area (TPSA) is 21.3 Å². The molecule has 0 aromatic heterocycles. The number of halogens is 2. The summed E-state index contributed by atoms with van der Waals surface area (Å²) in [4.78, 5) is 0. The number of ether oxygens (including phenoxy) is 1. The van der Waals surface area contributed by atoms with Crippen LogP contribution in [0.5, 0.6) is 11.5 Å². The second-order valence-electron chi connectivity index (χ2n) is 5.31. The van der Waals surface area contributed by atoms with Gasteiger partial charge in [-0.25, -0.2) is 4.39 Å². The highest BCUT2D eigenvalue weighted by molar-refractivity contribution is 6.32. The molecule has 0 radical (unpaired) electrons. The van der Waals surface area contributed by atoms with Crippen molar-refractivity contribution < 1.29 is 9.13 Å². The average Bonchev–Trinajstić information content (AvgIpc) is 2.43.